The first-order valence-corrected chi connectivity index (χ1v) is 16.7. The Labute approximate surface area is 197 Å². The van der Waals surface area contributed by atoms with Gasteiger partial charge in [-0.1, -0.05) is 19.6 Å². The maximum atomic E-state index is 12.2. The second-order valence-corrected chi connectivity index (χ2v) is 17.2. The Morgan fingerprint density at radius 2 is 2.09 bits per heavy atom. The molecule has 0 saturated carbocycles. The van der Waals surface area contributed by atoms with E-state index in [-0.39, 0.29) is 6.04 Å². The van der Waals surface area contributed by atoms with Crippen molar-refractivity contribution >= 4 is 41.2 Å². The lowest BCUT2D eigenvalue weighted by Crippen LogP contribution is -2.44. The molecule has 0 spiro atoms. The summed E-state index contributed by atoms with van der Waals surface area (Å²) in [5.74, 6) is 1.94. The predicted molar refractivity (Wildman–Crippen MR) is 135 cm³/mol. The molecule has 3 rings (SSSR count). The summed E-state index contributed by atoms with van der Waals surface area (Å²) < 4.78 is 38.8. The highest BCUT2D eigenvalue weighted by Crippen LogP contribution is 2.29. The smallest absolute Gasteiger partial charge is 0.231 e. The van der Waals surface area contributed by atoms with Crippen LogP contribution in [0.15, 0.2) is 24.4 Å². The van der Waals surface area contributed by atoms with Gasteiger partial charge in [0.05, 0.1) is 37.4 Å². The maximum Gasteiger partial charge on any atom is 0.231 e. The number of aromatic nitrogens is 3. The van der Waals surface area contributed by atoms with Crippen molar-refractivity contribution in [3.8, 4) is 0 Å². The molecule has 1 saturated heterocycles. The summed E-state index contributed by atoms with van der Waals surface area (Å²) in [6.07, 6.45) is 2.88. The largest absolute Gasteiger partial charge is 0.377 e. The van der Waals surface area contributed by atoms with E-state index in [1.165, 1.54) is 17.6 Å². The summed E-state index contributed by atoms with van der Waals surface area (Å²) in [6, 6.07) is 6.57. The van der Waals surface area contributed by atoms with Crippen LogP contribution in [-0.2, 0) is 26.2 Å². The molecule has 10 nitrogen and oxygen atoms in total. The van der Waals surface area contributed by atoms with Gasteiger partial charge in [-0.05, 0) is 13.0 Å². The van der Waals surface area contributed by atoms with E-state index in [1.54, 1.807) is 23.0 Å². The summed E-state index contributed by atoms with van der Waals surface area (Å²) in [4.78, 5) is 6.91. The Balaban J connectivity index is 1.84. The third-order valence-corrected chi connectivity index (χ3v) is 8.41. The zero-order valence-electron chi connectivity index (χ0n) is 20.4. The summed E-state index contributed by atoms with van der Waals surface area (Å²) >= 11 is 0. The van der Waals surface area contributed by atoms with Gasteiger partial charge >= 0.3 is 0 Å². The monoisotopic (exact) mass is 496 g/mol. The van der Waals surface area contributed by atoms with Crippen molar-refractivity contribution in [1.82, 2.24) is 14.8 Å². The zero-order valence-corrected chi connectivity index (χ0v) is 22.2. The van der Waals surface area contributed by atoms with Gasteiger partial charge in [-0.2, -0.15) is 5.10 Å². The van der Waals surface area contributed by atoms with Crippen LogP contribution in [-0.4, -0.2) is 77.0 Å². The molecule has 2 aromatic heterocycles. The molecule has 184 valence electrons. The van der Waals surface area contributed by atoms with Gasteiger partial charge in [0.15, 0.2) is 0 Å². The van der Waals surface area contributed by atoms with E-state index in [0.717, 1.165) is 11.9 Å². The van der Waals surface area contributed by atoms with E-state index in [0.29, 0.717) is 50.4 Å². The fraction of sp³-hybridized carbons (Fsp3) is 0.619. The van der Waals surface area contributed by atoms with Gasteiger partial charge in [0.2, 0.25) is 10.0 Å². The number of pyridine rings is 1. The van der Waals surface area contributed by atoms with Crippen LogP contribution in [0.2, 0.25) is 25.7 Å². The van der Waals surface area contributed by atoms with Crippen molar-refractivity contribution in [2.75, 3.05) is 54.2 Å². The SMILES string of the molecule is CC1COCCN1c1cc(N(C)S(C)(=O)=O)cc(Nc2ccnn2COCC[Si](C)(C)C)n1. The van der Waals surface area contributed by atoms with Crippen molar-refractivity contribution in [2.45, 2.75) is 45.4 Å². The molecular formula is C21H36N6O4SSi. The van der Waals surface area contributed by atoms with Crippen LogP contribution in [0.3, 0.4) is 0 Å². The lowest BCUT2D eigenvalue weighted by atomic mass is 10.2. The first-order chi connectivity index (χ1) is 15.4. The molecule has 1 aliphatic rings. The Morgan fingerprint density at radius 1 is 1.33 bits per heavy atom. The number of nitrogens with zero attached hydrogens (tertiary/aromatic N) is 5. The molecule has 1 fully saturated rings. The topological polar surface area (TPSA) is 102 Å². The van der Waals surface area contributed by atoms with E-state index in [9.17, 15) is 8.42 Å². The summed E-state index contributed by atoms with van der Waals surface area (Å²) in [7, 11) is -3.05. The van der Waals surface area contributed by atoms with Gasteiger partial charge in [0.1, 0.15) is 24.2 Å². The van der Waals surface area contributed by atoms with E-state index in [1.807, 2.05) is 6.07 Å². The number of ether oxygens (including phenoxy) is 2. The molecule has 0 bridgehead atoms. The molecule has 0 aliphatic carbocycles. The number of nitrogens with one attached hydrogen (secondary N) is 1. The second-order valence-electron chi connectivity index (χ2n) is 9.61. The highest BCUT2D eigenvalue weighted by molar-refractivity contribution is 7.92. The van der Waals surface area contributed by atoms with Crippen LogP contribution in [0.25, 0.3) is 0 Å². The second kappa shape index (κ2) is 10.4. The lowest BCUT2D eigenvalue weighted by molar-refractivity contribution is 0.0801. The predicted octanol–water partition coefficient (Wildman–Crippen LogP) is 2.95. The standard InChI is InChI=1S/C21H36N6O4SSi/c1-17-15-30-10-9-26(17)21-14-18(25(2)32(3,28)29)13-19(24-21)23-20-7-8-22-27(20)16-31-11-12-33(4,5)6/h7-8,13-14,17H,9-12,15-16H2,1-6H3,(H,23,24). The number of sulfonamides is 1. The third-order valence-electron chi connectivity index (χ3n) is 5.50. The van der Waals surface area contributed by atoms with Crippen molar-refractivity contribution in [1.29, 1.82) is 0 Å². The lowest BCUT2D eigenvalue weighted by Gasteiger charge is -2.35. The minimum atomic E-state index is -3.43. The van der Waals surface area contributed by atoms with Crippen LogP contribution >= 0.6 is 0 Å². The average Bonchev–Trinajstić information content (AvgIpc) is 3.16. The number of hydrogen-bond acceptors (Lipinski definition) is 8. The molecule has 33 heavy (non-hydrogen) atoms. The van der Waals surface area contributed by atoms with Crippen molar-refractivity contribution in [3.05, 3.63) is 24.4 Å². The molecule has 12 heteroatoms. The molecule has 0 amide bonds. The maximum absolute atomic E-state index is 12.2. The van der Waals surface area contributed by atoms with E-state index < -0.39 is 18.1 Å². The third kappa shape index (κ3) is 7.16. The quantitative estimate of drug-likeness (QED) is 0.396. The normalized spacial score (nSPS) is 17.3. The van der Waals surface area contributed by atoms with Gasteiger partial charge in [-0.3, -0.25) is 4.31 Å². The van der Waals surface area contributed by atoms with E-state index in [4.69, 9.17) is 14.5 Å². The number of anilines is 4. The Hall–Kier alpha value is -2.15. The van der Waals surface area contributed by atoms with Crippen LogP contribution in [0, 0.1) is 0 Å². The summed E-state index contributed by atoms with van der Waals surface area (Å²) in [5, 5.41) is 7.64. The van der Waals surface area contributed by atoms with Crippen LogP contribution < -0.4 is 14.5 Å². The fourth-order valence-electron chi connectivity index (χ4n) is 3.36. The fourth-order valence-corrected chi connectivity index (χ4v) is 4.60. The van der Waals surface area contributed by atoms with Crippen LogP contribution in [0.4, 0.5) is 23.1 Å². The van der Waals surface area contributed by atoms with Crippen molar-refractivity contribution in [3.63, 3.8) is 0 Å². The molecular weight excluding hydrogens is 460 g/mol. The molecule has 1 aliphatic heterocycles. The average molecular weight is 497 g/mol. The van der Waals surface area contributed by atoms with Crippen LogP contribution in [0.5, 0.6) is 0 Å². The highest BCUT2D eigenvalue weighted by Gasteiger charge is 2.23. The summed E-state index contributed by atoms with van der Waals surface area (Å²) in [5.41, 5.74) is 0.529. The van der Waals surface area contributed by atoms with Crippen molar-refractivity contribution in [2.24, 2.45) is 0 Å². The van der Waals surface area contributed by atoms with Gasteiger partial charge in [-0.15, -0.1) is 0 Å². The summed E-state index contributed by atoms with van der Waals surface area (Å²) in [6.45, 7) is 11.9. The molecule has 0 radical (unpaired) electrons. The molecule has 2 aromatic rings. The van der Waals surface area contributed by atoms with E-state index in [2.05, 4.69) is 41.9 Å². The van der Waals surface area contributed by atoms with Gasteiger partial charge in [-0.25, -0.2) is 18.1 Å². The number of rotatable bonds is 10. The van der Waals surface area contributed by atoms with Gasteiger partial charge in [0.25, 0.3) is 0 Å². The van der Waals surface area contributed by atoms with Gasteiger partial charge in [0, 0.05) is 46.5 Å². The zero-order chi connectivity index (χ0) is 24.2. The molecule has 1 unspecified atom stereocenters. The molecule has 1 atom stereocenters. The van der Waals surface area contributed by atoms with Gasteiger partial charge < -0.3 is 19.7 Å². The molecule has 3 heterocycles. The highest BCUT2D eigenvalue weighted by atomic mass is 32.2. The molecule has 1 N–H and O–H groups in total. The Bertz CT molecular complexity index is 1040. The van der Waals surface area contributed by atoms with E-state index >= 15 is 0 Å². The minimum Gasteiger partial charge on any atom is -0.377 e. The van der Waals surface area contributed by atoms with Crippen LogP contribution in [0.1, 0.15) is 6.92 Å². The Kier molecular flexibility index (Phi) is 8.03. The first-order valence-electron chi connectivity index (χ1n) is 11.1. The first kappa shape index (κ1) is 25.5. The number of morpholine rings is 1. The minimum absolute atomic E-state index is 0.128. The number of hydrogen-bond donors (Lipinski definition) is 1. The molecule has 0 aromatic carbocycles. The Morgan fingerprint density at radius 3 is 2.76 bits per heavy atom. The van der Waals surface area contributed by atoms with Crippen molar-refractivity contribution < 1.29 is 17.9 Å².